The van der Waals surface area contributed by atoms with Crippen molar-refractivity contribution >= 4 is 23.2 Å². The normalized spacial score (nSPS) is 12.8. The molecule has 0 aliphatic carbocycles. The van der Waals surface area contributed by atoms with E-state index < -0.39 is 6.10 Å². The Hall–Kier alpha value is -1.10. The van der Waals surface area contributed by atoms with Crippen LogP contribution >= 0.6 is 23.2 Å². The van der Waals surface area contributed by atoms with Gasteiger partial charge in [-0.15, -0.1) is 0 Å². The lowest BCUT2D eigenvalue weighted by Gasteiger charge is -1.97. The van der Waals surface area contributed by atoms with Crippen molar-refractivity contribution in [1.29, 1.82) is 0 Å². The van der Waals surface area contributed by atoms with Gasteiger partial charge in [-0.05, 0) is 25.1 Å². The number of nitrogens with zero attached hydrogens (tertiary/aromatic N) is 2. The summed E-state index contributed by atoms with van der Waals surface area (Å²) in [7, 11) is 0. The first-order chi connectivity index (χ1) is 7.56. The molecular formula is C10H8Cl2N2O2. The van der Waals surface area contributed by atoms with E-state index in [0.717, 1.165) is 0 Å². The maximum Gasteiger partial charge on any atom is 0.258 e. The van der Waals surface area contributed by atoms with Crippen molar-refractivity contribution in [3.63, 3.8) is 0 Å². The van der Waals surface area contributed by atoms with Crippen molar-refractivity contribution in [3.8, 4) is 11.5 Å². The molecule has 1 aromatic carbocycles. The molecule has 6 heteroatoms. The van der Waals surface area contributed by atoms with Crippen LogP contribution < -0.4 is 0 Å². The predicted molar refractivity (Wildman–Crippen MR) is 60.4 cm³/mol. The highest BCUT2D eigenvalue weighted by atomic mass is 35.5. The number of aliphatic hydroxyl groups is 1. The molecule has 1 atom stereocenters. The van der Waals surface area contributed by atoms with Crippen LogP contribution in [0.25, 0.3) is 11.5 Å². The van der Waals surface area contributed by atoms with Crippen molar-refractivity contribution in [1.82, 2.24) is 10.1 Å². The second-order valence-electron chi connectivity index (χ2n) is 3.29. The molecule has 84 valence electrons. The van der Waals surface area contributed by atoms with E-state index in [2.05, 4.69) is 10.1 Å². The molecule has 4 nitrogen and oxygen atoms in total. The Bertz CT molecular complexity index is 491. The van der Waals surface area contributed by atoms with Crippen molar-refractivity contribution in [2.45, 2.75) is 13.0 Å². The highest BCUT2D eigenvalue weighted by Crippen LogP contribution is 2.26. The molecule has 0 saturated heterocycles. The number of aromatic nitrogens is 2. The number of hydrogen-bond acceptors (Lipinski definition) is 4. The lowest BCUT2D eigenvalue weighted by atomic mass is 10.2. The first kappa shape index (κ1) is 11.4. The van der Waals surface area contributed by atoms with Gasteiger partial charge in [-0.1, -0.05) is 28.4 Å². The SMILES string of the molecule is CC(O)c1noc(-c2cc(Cl)cc(Cl)c2)n1. The van der Waals surface area contributed by atoms with Crippen LogP contribution in [0.15, 0.2) is 22.7 Å². The summed E-state index contributed by atoms with van der Waals surface area (Å²) < 4.78 is 4.98. The zero-order chi connectivity index (χ0) is 11.7. The summed E-state index contributed by atoms with van der Waals surface area (Å²) in [6, 6.07) is 4.93. The third kappa shape index (κ3) is 2.35. The van der Waals surface area contributed by atoms with Gasteiger partial charge >= 0.3 is 0 Å². The van der Waals surface area contributed by atoms with Gasteiger partial charge < -0.3 is 9.63 Å². The van der Waals surface area contributed by atoms with Crippen molar-refractivity contribution in [2.75, 3.05) is 0 Å². The number of halogens is 2. The second-order valence-corrected chi connectivity index (χ2v) is 4.16. The molecule has 1 heterocycles. The minimum Gasteiger partial charge on any atom is -0.385 e. The number of benzene rings is 1. The van der Waals surface area contributed by atoms with Crippen molar-refractivity contribution < 1.29 is 9.63 Å². The Kier molecular flexibility index (Phi) is 3.14. The second kappa shape index (κ2) is 4.41. The van der Waals surface area contributed by atoms with Gasteiger partial charge in [0.2, 0.25) is 0 Å². The minimum absolute atomic E-state index is 0.228. The van der Waals surface area contributed by atoms with E-state index in [0.29, 0.717) is 15.6 Å². The highest BCUT2D eigenvalue weighted by Gasteiger charge is 2.13. The maximum absolute atomic E-state index is 9.26. The lowest BCUT2D eigenvalue weighted by molar-refractivity contribution is 0.184. The smallest absolute Gasteiger partial charge is 0.258 e. The van der Waals surface area contributed by atoms with Crippen molar-refractivity contribution in [3.05, 3.63) is 34.1 Å². The molecule has 0 aliphatic rings. The molecule has 0 aliphatic heterocycles. The quantitative estimate of drug-likeness (QED) is 0.900. The Balaban J connectivity index is 2.42. The van der Waals surface area contributed by atoms with E-state index >= 15 is 0 Å². The van der Waals surface area contributed by atoms with Gasteiger partial charge in [0.1, 0.15) is 6.10 Å². The van der Waals surface area contributed by atoms with E-state index in [1.54, 1.807) is 25.1 Å². The van der Waals surface area contributed by atoms with Gasteiger partial charge in [0, 0.05) is 15.6 Å². The first-order valence-electron chi connectivity index (χ1n) is 4.54. The van der Waals surface area contributed by atoms with Crippen molar-refractivity contribution in [2.24, 2.45) is 0 Å². The summed E-state index contributed by atoms with van der Waals surface area (Å²) in [5, 5.41) is 13.9. The molecule has 16 heavy (non-hydrogen) atoms. The average Bonchev–Trinajstić information content (AvgIpc) is 2.64. The molecule has 0 amide bonds. The fourth-order valence-electron chi connectivity index (χ4n) is 1.20. The van der Waals surface area contributed by atoms with Crippen LogP contribution in [0.1, 0.15) is 18.9 Å². The van der Waals surface area contributed by atoms with Crippen LogP contribution in [-0.2, 0) is 0 Å². The maximum atomic E-state index is 9.26. The number of rotatable bonds is 2. The predicted octanol–water partition coefficient (Wildman–Crippen LogP) is 3.10. The molecule has 0 bridgehead atoms. The van der Waals surface area contributed by atoms with Gasteiger partial charge in [0.15, 0.2) is 5.82 Å². The summed E-state index contributed by atoms with van der Waals surface area (Å²) in [6.45, 7) is 1.56. The molecule has 1 N–H and O–H groups in total. The van der Waals surface area contributed by atoms with Crippen LogP contribution in [0, 0.1) is 0 Å². The Morgan fingerprint density at radius 2 is 1.88 bits per heavy atom. The molecule has 0 fully saturated rings. The minimum atomic E-state index is -0.771. The summed E-state index contributed by atoms with van der Waals surface area (Å²) in [6.07, 6.45) is -0.771. The van der Waals surface area contributed by atoms with Gasteiger partial charge in [-0.2, -0.15) is 4.98 Å². The molecule has 2 aromatic rings. The monoisotopic (exact) mass is 258 g/mol. The zero-order valence-electron chi connectivity index (χ0n) is 8.32. The summed E-state index contributed by atoms with van der Waals surface area (Å²) >= 11 is 11.7. The number of hydrogen-bond donors (Lipinski definition) is 1. The van der Waals surface area contributed by atoms with Crippen LogP contribution in [0.4, 0.5) is 0 Å². The van der Waals surface area contributed by atoms with E-state index in [1.165, 1.54) is 0 Å². The summed E-state index contributed by atoms with van der Waals surface area (Å²) in [5.74, 6) is 0.506. The molecular weight excluding hydrogens is 251 g/mol. The molecule has 1 aromatic heterocycles. The fourth-order valence-corrected chi connectivity index (χ4v) is 1.73. The van der Waals surface area contributed by atoms with E-state index in [4.69, 9.17) is 27.7 Å². The van der Waals surface area contributed by atoms with Gasteiger partial charge in [0.25, 0.3) is 5.89 Å². The van der Waals surface area contributed by atoms with Gasteiger partial charge in [0.05, 0.1) is 0 Å². The Morgan fingerprint density at radius 1 is 1.25 bits per heavy atom. The third-order valence-electron chi connectivity index (χ3n) is 1.92. The topological polar surface area (TPSA) is 59.2 Å². The highest BCUT2D eigenvalue weighted by molar-refractivity contribution is 6.35. The summed E-state index contributed by atoms with van der Waals surface area (Å²) in [4.78, 5) is 4.02. The average molecular weight is 259 g/mol. The molecule has 0 spiro atoms. The zero-order valence-corrected chi connectivity index (χ0v) is 9.83. The molecule has 1 unspecified atom stereocenters. The van der Waals surface area contributed by atoms with E-state index in [9.17, 15) is 5.11 Å². The largest absolute Gasteiger partial charge is 0.385 e. The van der Waals surface area contributed by atoms with E-state index in [1.807, 2.05) is 0 Å². The van der Waals surface area contributed by atoms with Crippen LogP contribution in [0.5, 0.6) is 0 Å². The van der Waals surface area contributed by atoms with Crippen LogP contribution in [0.2, 0.25) is 10.0 Å². The van der Waals surface area contributed by atoms with Crippen LogP contribution in [0.3, 0.4) is 0 Å². The fraction of sp³-hybridized carbons (Fsp3) is 0.200. The number of aliphatic hydroxyl groups excluding tert-OH is 1. The van der Waals surface area contributed by atoms with Gasteiger partial charge in [-0.3, -0.25) is 0 Å². The molecule has 2 rings (SSSR count). The standard InChI is InChI=1S/C10H8Cl2N2O2/c1-5(15)9-13-10(16-14-9)6-2-7(11)4-8(12)3-6/h2-5,15H,1H3. The van der Waals surface area contributed by atoms with E-state index in [-0.39, 0.29) is 11.7 Å². The lowest BCUT2D eigenvalue weighted by Crippen LogP contribution is -1.92. The Morgan fingerprint density at radius 3 is 2.38 bits per heavy atom. The van der Waals surface area contributed by atoms with Gasteiger partial charge in [-0.25, -0.2) is 0 Å². The first-order valence-corrected chi connectivity index (χ1v) is 5.30. The Labute approximate surface area is 102 Å². The molecule has 0 saturated carbocycles. The molecule has 0 radical (unpaired) electrons. The third-order valence-corrected chi connectivity index (χ3v) is 2.36. The van der Waals surface area contributed by atoms with Crippen LogP contribution in [-0.4, -0.2) is 15.2 Å². The summed E-state index contributed by atoms with van der Waals surface area (Å²) in [5.41, 5.74) is 0.622.